The van der Waals surface area contributed by atoms with Crippen LogP contribution in [0.3, 0.4) is 0 Å². The highest BCUT2D eigenvalue weighted by molar-refractivity contribution is 5.88. The number of hydrogen-bond donors (Lipinski definition) is 3. The van der Waals surface area contributed by atoms with E-state index in [4.69, 9.17) is 14.9 Å². The zero-order chi connectivity index (χ0) is 12.8. The maximum atomic E-state index is 11.7. The van der Waals surface area contributed by atoms with Gasteiger partial charge in [-0.05, 0) is 13.3 Å². The predicted octanol–water partition coefficient (Wildman–Crippen LogP) is -0.247. The highest BCUT2D eigenvalue weighted by Crippen LogP contribution is 2.14. The number of aliphatic carboxylic acids is 1. The first-order chi connectivity index (χ1) is 7.41. The molecule has 0 aromatic heterocycles. The van der Waals surface area contributed by atoms with E-state index in [0.717, 1.165) is 0 Å². The van der Waals surface area contributed by atoms with Crippen molar-refractivity contribution in [3.63, 3.8) is 0 Å². The summed E-state index contributed by atoms with van der Waals surface area (Å²) in [5.41, 5.74) is -1.04. The average Bonchev–Trinajstić information content (AvgIpc) is 2.26. The minimum Gasteiger partial charge on any atom is -0.480 e. The molecule has 0 aromatic carbocycles. The molecule has 6 nitrogen and oxygen atoms in total. The van der Waals surface area contributed by atoms with Crippen LogP contribution in [0.2, 0.25) is 0 Å². The molecule has 0 aromatic rings. The van der Waals surface area contributed by atoms with Crippen LogP contribution in [0.15, 0.2) is 0 Å². The van der Waals surface area contributed by atoms with Crippen LogP contribution in [-0.4, -0.2) is 47.4 Å². The fourth-order valence-corrected chi connectivity index (χ4v) is 1.09. The standard InChI is InChI=1S/C10H19NO5/c1-4-10(2,16-3)9(15)11-7(5-6-12)8(13)14/h7,12H,4-6H2,1-3H3,(H,11,15)(H,13,14)/t7-,10?/m1/s1. The van der Waals surface area contributed by atoms with Gasteiger partial charge in [-0.25, -0.2) is 4.79 Å². The van der Waals surface area contributed by atoms with E-state index in [-0.39, 0.29) is 13.0 Å². The number of methoxy groups -OCH3 is 1. The molecule has 6 heteroatoms. The van der Waals surface area contributed by atoms with Gasteiger partial charge in [0.05, 0.1) is 0 Å². The van der Waals surface area contributed by atoms with Gasteiger partial charge in [0, 0.05) is 20.1 Å². The van der Waals surface area contributed by atoms with Gasteiger partial charge in [0.25, 0.3) is 5.91 Å². The molecule has 3 N–H and O–H groups in total. The lowest BCUT2D eigenvalue weighted by Crippen LogP contribution is -2.51. The summed E-state index contributed by atoms with van der Waals surface area (Å²) >= 11 is 0. The van der Waals surface area contributed by atoms with Crippen molar-refractivity contribution in [1.29, 1.82) is 0 Å². The molecule has 0 heterocycles. The largest absolute Gasteiger partial charge is 0.480 e. The Morgan fingerprint density at radius 3 is 2.38 bits per heavy atom. The van der Waals surface area contributed by atoms with Crippen LogP contribution < -0.4 is 5.32 Å². The van der Waals surface area contributed by atoms with Gasteiger partial charge in [-0.1, -0.05) is 6.92 Å². The first-order valence-electron chi connectivity index (χ1n) is 5.11. The second-order valence-electron chi connectivity index (χ2n) is 3.67. The van der Waals surface area contributed by atoms with Crippen molar-refractivity contribution >= 4 is 11.9 Å². The maximum absolute atomic E-state index is 11.7. The molecule has 0 aliphatic rings. The van der Waals surface area contributed by atoms with Gasteiger partial charge in [0.1, 0.15) is 11.6 Å². The molecule has 0 saturated carbocycles. The second kappa shape index (κ2) is 6.44. The number of ether oxygens (including phenoxy) is 1. The zero-order valence-electron chi connectivity index (χ0n) is 9.82. The molecular weight excluding hydrogens is 214 g/mol. The lowest BCUT2D eigenvalue weighted by atomic mass is 10.0. The number of carbonyl (C=O) groups excluding carboxylic acids is 1. The molecule has 0 aliphatic carbocycles. The Bertz CT molecular complexity index is 250. The van der Waals surface area contributed by atoms with E-state index in [2.05, 4.69) is 5.32 Å². The van der Waals surface area contributed by atoms with Gasteiger partial charge in [0.2, 0.25) is 0 Å². The molecule has 1 amide bonds. The van der Waals surface area contributed by atoms with Crippen molar-refractivity contribution in [1.82, 2.24) is 5.32 Å². The molecule has 2 atom stereocenters. The van der Waals surface area contributed by atoms with Gasteiger partial charge < -0.3 is 20.3 Å². The maximum Gasteiger partial charge on any atom is 0.326 e. The quantitative estimate of drug-likeness (QED) is 0.563. The molecule has 0 rings (SSSR count). The normalized spacial score (nSPS) is 16.2. The van der Waals surface area contributed by atoms with Crippen LogP contribution in [0.1, 0.15) is 26.7 Å². The van der Waals surface area contributed by atoms with Crippen molar-refractivity contribution in [2.75, 3.05) is 13.7 Å². The van der Waals surface area contributed by atoms with Crippen LogP contribution in [0.25, 0.3) is 0 Å². The Labute approximate surface area is 94.6 Å². The SMILES string of the molecule is CCC(C)(OC)C(=O)N[C@H](CCO)C(=O)O. The number of rotatable bonds is 7. The summed E-state index contributed by atoms with van der Waals surface area (Å²) < 4.78 is 5.04. The third-order valence-electron chi connectivity index (χ3n) is 2.63. The van der Waals surface area contributed by atoms with Crippen molar-refractivity contribution in [3.05, 3.63) is 0 Å². The number of carbonyl (C=O) groups is 2. The molecule has 0 saturated heterocycles. The summed E-state index contributed by atoms with van der Waals surface area (Å²) in [4.78, 5) is 22.5. The first kappa shape index (κ1) is 14.9. The average molecular weight is 233 g/mol. The van der Waals surface area contributed by atoms with Crippen molar-refractivity contribution in [2.24, 2.45) is 0 Å². The van der Waals surface area contributed by atoms with Crippen LogP contribution >= 0.6 is 0 Å². The zero-order valence-corrected chi connectivity index (χ0v) is 9.82. The van der Waals surface area contributed by atoms with Crippen LogP contribution in [0.4, 0.5) is 0 Å². The minimum atomic E-state index is -1.17. The van der Waals surface area contributed by atoms with E-state index in [1.807, 2.05) is 0 Å². The second-order valence-corrected chi connectivity index (χ2v) is 3.67. The number of carboxylic acid groups (broad SMARTS) is 1. The third-order valence-corrected chi connectivity index (χ3v) is 2.63. The molecule has 16 heavy (non-hydrogen) atoms. The Morgan fingerprint density at radius 2 is 2.06 bits per heavy atom. The molecule has 0 fully saturated rings. The topological polar surface area (TPSA) is 95.9 Å². The number of carboxylic acids is 1. The molecule has 94 valence electrons. The van der Waals surface area contributed by atoms with Gasteiger partial charge in [0.15, 0.2) is 0 Å². The summed E-state index contributed by atoms with van der Waals surface area (Å²) in [6.45, 7) is 3.05. The van der Waals surface area contributed by atoms with E-state index < -0.39 is 23.5 Å². The summed E-state index contributed by atoms with van der Waals surface area (Å²) in [5, 5.41) is 19.8. The number of aliphatic hydroxyl groups excluding tert-OH is 1. The van der Waals surface area contributed by atoms with E-state index in [9.17, 15) is 9.59 Å². The smallest absolute Gasteiger partial charge is 0.326 e. The monoisotopic (exact) mass is 233 g/mol. The van der Waals surface area contributed by atoms with Crippen LogP contribution in [-0.2, 0) is 14.3 Å². The Kier molecular flexibility index (Phi) is 5.98. The lowest BCUT2D eigenvalue weighted by Gasteiger charge is -2.27. The van der Waals surface area contributed by atoms with Crippen LogP contribution in [0.5, 0.6) is 0 Å². The molecule has 0 aliphatic heterocycles. The van der Waals surface area contributed by atoms with Crippen molar-refractivity contribution in [2.45, 2.75) is 38.3 Å². The lowest BCUT2D eigenvalue weighted by molar-refractivity contribution is -0.149. The molecule has 0 spiro atoms. The number of hydrogen-bond acceptors (Lipinski definition) is 4. The number of nitrogens with one attached hydrogen (secondary N) is 1. The summed E-state index contributed by atoms with van der Waals surface area (Å²) in [6, 6.07) is -1.08. The Morgan fingerprint density at radius 1 is 1.50 bits per heavy atom. The molecule has 0 bridgehead atoms. The van der Waals surface area contributed by atoms with Crippen molar-refractivity contribution in [3.8, 4) is 0 Å². The van der Waals surface area contributed by atoms with Gasteiger partial charge in [-0.2, -0.15) is 0 Å². The summed E-state index contributed by atoms with van der Waals surface area (Å²) in [6.07, 6.45) is 0.408. The predicted molar refractivity (Wildman–Crippen MR) is 57.0 cm³/mol. The highest BCUT2D eigenvalue weighted by Gasteiger charge is 2.33. The molecular formula is C10H19NO5. The molecule has 1 unspecified atom stereocenters. The van der Waals surface area contributed by atoms with E-state index in [1.54, 1.807) is 13.8 Å². The highest BCUT2D eigenvalue weighted by atomic mass is 16.5. The number of amides is 1. The van der Waals surface area contributed by atoms with Crippen molar-refractivity contribution < 1.29 is 24.5 Å². The summed E-state index contributed by atoms with van der Waals surface area (Å²) in [5.74, 6) is -1.66. The minimum absolute atomic E-state index is 0.0232. The number of aliphatic hydroxyl groups is 1. The van der Waals surface area contributed by atoms with E-state index in [0.29, 0.717) is 6.42 Å². The summed E-state index contributed by atoms with van der Waals surface area (Å²) in [7, 11) is 1.39. The molecule has 0 radical (unpaired) electrons. The third kappa shape index (κ3) is 3.79. The van der Waals surface area contributed by atoms with Gasteiger partial charge in [-0.3, -0.25) is 4.79 Å². The van der Waals surface area contributed by atoms with E-state index >= 15 is 0 Å². The van der Waals surface area contributed by atoms with E-state index in [1.165, 1.54) is 7.11 Å². The Hall–Kier alpha value is -1.14. The van der Waals surface area contributed by atoms with Crippen LogP contribution in [0, 0.1) is 0 Å². The van der Waals surface area contributed by atoms with Gasteiger partial charge >= 0.3 is 5.97 Å². The first-order valence-corrected chi connectivity index (χ1v) is 5.11. The fourth-order valence-electron chi connectivity index (χ4n) is 1.09. The van der Waals surface area contributed by atoms with Gasteiger partial charge in [-0.15, -0.1) is 0 Å². The Balaban J connectivity index is 4.56. The fraction of sp³-hybridized carbons (Fsp3) is 0.800.